The fraction of sp³-hybridized carbons (Fsp3) is 0.207. The number of aromatic nitrogens is 4. The molecule has 1 aliphatic rings. The van der Waals surface area contributed by atoms with E-state index in [-0.39, 0.29) is 28.1 Å². The summed E-state index contributed by atoms with van der Waals surface area (Å²) in [6, 6.07) is 9.27. The average Bonchev–Trinajstić information content (AvgIpc) is 3.55. The summed E-state index contributed by atoms with van der Waals surface area (Å²) in [5.41, 5.74) is 1.85. The Morgan fingerprint density at radius 2 is 1.80 bits per heavy atom. The van der Waals surface area contributed by atoms with Crippen molar-refractivity contribution in [3.63, 3.8) is 0 Å². The van der Waals surface area contributed by atoms with E-state index in [1.165, 1.54) is 18.3 Å². The first-order valence-electron chi connectivity index (χ1n) is 12.5. The van der Waals surface area contributed by atoms with E-state index in [4.69, 9.17) is 11.6 Å². The third-order valence-electron chi connectivity index (χ3n) is 7.39. The van der Waals surface area contributed by atoms with E-state index in [2.05, 4.69) is 9.97 Å². The van der Waals surface area contributed by atoms with Crippen molar-refractivity contribution in [3.8, 4) is 16.9 Å². The van der Waals surface area contributed by atoms with Crippen molar-refractivity contribution in [1.82, 2.24) is 18.9 Å². The van der Waals surface area contributed by atoms with Gasteiger partial charge in [0, 0.05) is 42.3 Å². The highest BCUT2D eigenvalue weighted by atomic mass is 35.5. The fourth-order valence-electron chi connectivity index (χ4n) is 5.33. The molecule has 1 fully saturated rings. The molecule has 0 bridgehead atoms. The van der Waals surface area contributed by atoms with Crippen molar-refractivity contribution in [2.24, 2.45) is 0 Å². The number of hydrogen-bond acceptors (Lipinski definition) is 5. The molecule has 5 aromatic rings. The zero-order valence-electron chi connectivity index (χ0n) is 21.7. The van der Waals surface area contributed by atoms with Crippen LogP contribution in [-0.2, 0) is 9.84 Å². The predicted octanol–water partition coefficient (Wildman–Crippen LogP) is 5.77. The lowest BCUT2D eigenvalue weighted by Crippen LogP contribution is -2.24. The lowest BCUT2D eigenvalue weighted by molar-refractivity contribution is 0.569. The van der Waals surface area contributed by atoms with Crippen molar-refractivity contribution < 1.29 is 17.2 Å². The molecular formula is C29H23ClF2N4O3S. The summed E-state index contributed by atoms with van der Waals surface area (Å²) in [5.74, 6) is -1.93. The number of sulfone groups is 1. The number of benzene rings is 1. The van der Waals surface area contributed by atoms with Gasteiger partial charge in [0.15, 0.2) is 21.5 Å². The predicted molar refractivity (Wildman–Crippen MR) is 148 cm³/mol. The van der Waals surface area contributed by atoms with Gasteiger partial charge in [-0.2, -0.15) is 0 Å². The highest BCUT2D eigenvalue weighted by Crippen LogP contribution is 2.55. The Kier molecular flexibility index (Phi) is 6.15. The summed E-state index contributed by atoms with van der Waals surface area (Å²) in [6.45, 7) is 3.25. The highest BCUT2D eigenvalue weighted by Gasteiger charge is 2.42. The van der Waals surface area contributed by atoms with Crippen LogP contribution >= 0.6 is 11.6 Å². The summed E-state index contributed by atoms with van der Waals surface area (Å²) in [7, 11) is -3.91. The number of hydrogen-bond donors (Lipinski definition) is 0. The molecule has 0 amide bonds. The second-order valence-corrected chi connectivity index (χ2v) is 12.5. The van der Waals surface area contributed by atoms with E-state index >= 15 is 8.78 Å². The molecule has 0 N–H and O–H groups in total. The van der Waals surface area contributed by atoms with E-state index in [1.54, 1.807) is 19.9 Å². The maximum atomic E-state index is 16.1. The molecule has 4 aromatic heterocycles. The molecule has 0 aliphatic heterocycles. The number of nitrogens with zero attached hydrogens (tertiary/aromatic N) is 4. The molecule has 2 atom stereocenters. The van der Waals surface area contributed by atoms with Crippen LogP contribution in [0.2, 0.25) is 5.02 Å². The van der Waals surface area contributed by atoms with Gasteiger partial charge in [0.1, 0.15) is 21.3 Å². The number of aryl methyl sites for hydroxylation is 2. The molecule has 1 saturated carbocycles. The summed E-state index contributed by atoms with van der Waals surface area (Å²) < 4.78 is 58.4. The van der Waals surface area contributed by atoms with Crippen molar-refractivity contribution in [2.75, 3.05) is 6.26 Å². The summed E-state index contributed by atoms with van der Waals surface area (Å²) in [5, 5.41) is -0.0180. The van der Waals surface area contributed by atoms with Crippen molar-refractivity contribution in [1.29, 1.82) is 0 Å². The Morgan fingerprint density at radius 3 is 2.55 bits per heavy atom. The molecule has 1 aliphatic carbocycles. The van der Waals surface area contributed by atoms with Crippen LogP contribution in [0.25, 0.3) is 22.6 Å². The van der Waals surface area contributed by atoms with E-state index in [0.29, 0.717) is 16.8 Å². The zero-order chi connectivity index (χ0) is 28.5. The Bertz CT molecular complexity index is 2020. The normalized spacial score (nSPS) is 16.9. The number of rotatable bonds is 5. The molecule has 7 nitrogen and oxygen atoms in total. The van der Waals surface area contributed by atoms with Crippen LogP contribution in [0, 0.1) is 25.5 Å². The molecule has 4 heterocycles. The molecule has 6 rings (SSSR count). The smallest absolute Gasteiger partial charge is 0.274 e. The summed E-state index contributed by atoms with van der Waals surface area (Å²) >= 11 is 6.62. The van der Waals surface area contributed by atoms with Gasteiger partial charge in [-0.1, -0.05) is 17.7 Å². The molecule has 204 valence electrons. The third kappa shape index (κ3) is 4.22. The van der Waals surface area contributed by atoms with Crippen LogP contribution < -0.4 is 5.56 Å². The van der Waals surface area contributed by atoms with Gasteiger partial charge in [0.2, 0.25) is 0 Å². The van der Waals surface area contributed by atoms with Crippen LogP contribution in [0.1, 0.15) is 40.6 Å². The zero-order valence-corrected chi connectivity index (χ0v) is 23.3. The molecule has 40 heavy (non-hydrogen) atoms. The van der Waals surface area contributed by atoms with E-state index in [9.17, 15) is 13.2 Å². The molecule has 1 aromatic carbocycles. The fourth-order valence-corrected chi connectivity index (χ4v) is 6.37. The number of halogens is 3. The molecule has 11 heteroatoms. The maximum absolute atomic E-state index is 16.1. The molecular weight excluding hydrogens is 558 g/mol. The minimum Gasteiger partial charge on any atom is -0.308 e. The van der Waals surface area contributed by atoms with Crippen molar-refractivity contribution in [2.45, 2.75) is 37.0 Å². The van der Waals surface area contributed by atoms with Crippen LogP contribution in [0.4, 0.5) is 8.78 Å². The SMILES string of the molecule is Cc1cnc(-c2cccc(S(C)(=O)=O)c2F)c(F)c1-n1c(C)cc([C@@H]2CC2c2cnc3cccn3c2)c(Cl)c1=O. The van der Waals surface area contributed by atoms with Gasteiger partial charge in [-0.25, -0.2) is 22.2 Å². The second-order valence-electron chi connectivity index (χ2n) is 10.1. The van der Waals surface area contributed by atoms with Crippen LogP contribution in [0.15, 0.2) is 70.9 Å². The van der Waals surface area contributed by atoms with Crippen molar-refractivity contribution in [3.05, 3.63) is 111 Å². The third-order valence-corrected chi connectivity index (χ3v) is 8.88. The Hall–Kier alpha value is -3.89. The lowest BCUT2D eigenvalue weighted by atomic mass is 10.0. The minimum atomic E-state index is -3.91. The average molecular weight is 581 g/mol. The Labute approximate surface area is 233 Å². The Balaban J connectivity index is 1.43. The first-order chi connectivity index (χ1) is 19.0. The largest absolute Gasteiger partial charge is 0.308 e. The van der Waals surface area contributed by atoms with Crippen LogP contribution in [0.5, 0.6) is 0 Å². The standard InChI is InChI=1S/C29H23ClF2N4O3S/c1-15-12-34-27(18-6-4-7-22(25(18)31)40(3,38)39)26(32)28(15)36-16(2)10-21(24(30)29(36)37)20-11-19(20)17-13-33-23-8-5-9-35(23)14-17/h4-10,12-14,19-20H,11H2,1-3H3/t19?,20-/m1/s1. The summed E-state index contributed by atoms with van der Waals surface area (Å²) in [6.07, 6.45) is 8.74. The number of pyridine rings is 2. The highest BCUT2D eigenvalue weighted by molar-refractivity contribution is 7.90. The van der Waals surface area contributed by atoms with Gasteiger partial charge in [-0.05, 0) is 79.1 Å². The van der Waals surface area contributed by atoms with Gasteiger partial charge < -0.3 is 4.40 Å². The van der Waals surface area contributed by atoms with Gasteiger partial charge in [0.05, 0.1) is 5.69 Å². The molecule has 1 unspecified atom stereocenters. The van der Waals surface area contributed by atoms with E-state index in [0.717, 1.165) is 34.5 Å². The summed E-state index contributed by atoms with van der Waals surface area (Å²) in [4.78, 5) is 21.6. The molecule has 0 saturated heterocycles. The monoisotopic (exact) mass is 580 g/mol. The van der Waals surface area contributed by atoms with Gasteiger partial charge in [-0.15, -0.1) is 0 Å². The Morgan fingerprint density at radius 1 is 1.02 bits per heavy atom. The van der Waals surface area contributed by atoms with E-state index < -0.39 is 37.6 Å². The quantitative estimate of drug-likeness (QED) is 0.263. The number of fused-ring (bicyclic) bond motifs is 1. The van der Waals surface area contributed by atoms with Gasteiger partial charge >= 0.3 is 0 Å². The molecule has 0 radical (unpaired) electrons. The van der Waals surface area contributed by atoms with Crippen LogP contribution in [-0.4, -0.2) is 33.6 Å². The second kappa shape index (κ2) is 9.35. The minimum absolute atomic E-state index is 0.00938. The van der Waals surface area contributed by atoms with Gasteiger partial charge in [0.25, 0.3) is 5.56 Å². The van der Waals surface area contributed by atoms with E-state index in [1.807, 2.05) is 35.1 Å². The molecule has 0 spiro atoms. The maximum Gasteiger partial charge on any atom is 0.274 e. The lowest BCUT2D eigenvalue weighted by Gasteiger charge is -2.18. The van der Waals surface area contributed by atoms with Crippen LogP contribution in [0.3, 0.4) is 0 Å². The van der Waals surface area contributed by atoms with Crippen molar-refractivity contribution >= 4 is 27.1 Å². The topological polar surface area (TPSA) is 86.3 Å². The van der Waals surface area contributed by atoms with Gasteiger partial charge in [-0.3, -0.25) is 14.3 Å². The first-order valence-corrected chi connectivity index (χ1v) is 14.7. The first kappa shape index (κ1) is 26.3.